The first-order valence-corrected chi connectivity index (χ1v) is 11.1. The summed E-state index contributed by atoms with van der Waals surface area (Å²) in [4.78, 5) is 36.0. The van der Waals surface area contributed by atoms with Gasteiger partial charge in [-0.2, -0.15) is 0 Å². The summed E-state index contributed by atoms with van der Waals surface area (Å²) in [5.74, 6) is -1.14. The standard InChI is InChI=1S/C26H25ClN2O5/c1-34-23-12-11-19(27)16-21(23)25(31)28-15-14-18-8-6-17(7-9-18)10-13-24(30)29-22-5-3-2-4-20(22)26(32)33/h2-9,11-12,16H,10,13-15H2,1H3,(H,28,31)(H,29,30)(H,32,33). The largest absolute Gasteiger partial charge is 0.496 e. The van der Waals surface area contributed by atoms with Gasteiger partial charge in [0.15, 0.2) is 0 Å². The molecule has 0 aliphatic rings. The monoisotopic (exact) mass is 480 g/mol. The van der Waals surface area contributed by atoms with Crippen molar-refractivity contribution >= 4 is 35.1 Å². The summed E-state index contributed by atoms with van der Waals surface area (Å²) >= 11 is 5.98. The van der Waals surface area contributed by atoms with Gasteiger partial charge >= 0.3 is 5.97 Å². The lowest BCUT2D eigenvalue weighted by molar-refractivity contribution is -0.116. The Kier molecular flexibility index (Phi) is 8.65. The quantitative estimate of drug-likeness (QED) is 0.393. The number of ether oxygens (including phenoxy) is 1. The Balaban J connectivity index is 1.46. The molecule has 0 saturated heterocycles. The van der Waals surface area contributed by atoms with Crippen molar-refractivity contribution in [3.05, 3.63) is 94.0 Å². The van der Waals surface area contributed by atoms with Crippen LogP contribution in [0.2, 0.25) is 5.02 Å². The summed E-state index contributed by atoms with van der Waals surface area (Å²) in [6.45, 7) is 0.444. The molecule has 3 aromatic carbocycles. The van der Waals surface area contributed by atoms with Gasteiger partial charge in [-0.25, -0.2) is 4.79 Å². The summed E-state index contributed by atoms with van der Waals surface area (Å²) in [6, 6.07) is 19.0. The Hall–Kier alpha value is -3.84. The average molecular weight is 481 g/mol. The van der Waals surface area contributed by atoms with Crippen molar-refractivity contribution in [1.82, 2.24) is 5.32 Å². The van der Waals surface area contributed by atoms with E-state index in [0.29, 0.717) is 35.7 Å². The second-order valence-electron chi connectivity index (χ2n) is 7.57. The molecule has 0 radical (unpaired) electrons. The zero-order chi connectivity index (χ0) is 24.5. The van der Waals surface area contributed by atoms with E-state index in [0.717, 1.165) is 11.1 Å². The van der Waals surface area contributed by atoms with Gasteiger partial charge in [-0.3, -0.25) is 9.59 Å². The first-order chi connectivity index (χ1) is 16.4. The van der Waals surface area contributed by atoms with Crippen LogP contribution in [0, 0.1) is 0 Å². The lowest BCUT2D eigenvalue weighted by Gasteiger charge is -2.10. The number of amides is 2. The number of benzene rings is 3. The predicted molar refractivity (Wildman–Crippen MR) is 131 cm³/mol. The molecule has 0 bridgehead atoms. The Morgan fingerprint density at radius 2 is 1.59 bits per heavy atom. The Bertz CT molecular complexity index is 1180. The van der Waals surface area contributed by atoms with Crippen LogP contribution in [0.4, 0.5) is 5.69 Å². The van der Waals surface area contributed by atoms with Crippen LogP contribution in [0.1, 0.15) is 38.3 Å². The van der Waals surface area contributed by atoms with Crippen LogP contribution in [0.15, 0.2) is 66.7 Å². The third-order valence-corrected chi connectivity index (χ3v) is 5.44. The number of methoxy groups -OCH3 is 1. The Morgan fingerprint density at radius 1 is 0.912 bits per heavy atom. The minimum Gasteiger partial charge on any atom is -0.496 e. The van der Waals surface area contributed by atoms with E-state index in [-0.39, 0.29) is 29.5 Å². The molecule has 34 heavy (non-hydrogen) atoms. The Labute approximate surface area is 202 Å². The lowest BCUT2D eigenvalue weighted by atomic mass is 10.1. The molecule has 8 heteroatoms. The van der Waals surface area contributed by atoms with Gasteiger partial charge in [0.25, 0.3) is 5.91 Å². The summed E-state index contributed by atoms with van der Waals surface area (Å²) in [5, 5.41) is 15.2. The van der Waals surface area contributed by atoms with E-state index in [1.165, 1.54) is 13.2 Å². The number of carbonyl (C=O) groups is 3. The highest BCUT2D eigenvalue weighted by Gasteiger charge is 2.13. The summed E-state index contributed by atoms with van der Waals surface area (Å²) in [5.41, 5.74) is 2.75. The molecule has 3 N–H and O–H groups in total. The zero-order valence-electron chi connectivity index (χ0n) is 18.6. The number of hydrogen-bond donors (Lipinski definition) is 3. The van der Waals surface area contributed by atoms with E-state index in [2.05, 4.69) is 10.6 Å². The van der Waals surface area contributed by atoms with E-state index in [9.17, 15) is 19.5 Å². The van der Waals surface area contributed by atoms with Crippen molar-refractivity contribution in [1.29, 1.82) is 0 Å². The fraction of sp³-hybridized carbons (Fsp3) is 0.192. The average Bonchev–Trinajstić information content (AvgIpc) is 2.83. The van der Waals surface area contributed by atoms with Crippen molar-refractivity contribution in [3.63, 3.8) is 0 Å². The van der Waals surface area contributed by atoms with Crippen LogP contribution in [-0.2, 0) is 17.6 Å². The van der Waals surface area contributed by atoms with Gasteiger partial charge in [0, 0.05) is 18.0 Å². The van der Waals surface area contributed by atoms with Crippen LogP contribution in [-0.4, -0.2) is 36.5 Å². The third kappa shape index (κ3) is 6.83. The maximum Gasteiger partial charge on any atom is 0.337 e. The first-order valence-electron chi connectivity index (χ1n) is 10.7. The van der Waals surface area contributed by atoms with Crippen molar-refractivity contribution in [2.24, 2.45) is 0 Å². The predicted octanol–water partition coefficient (Wildman–Crippen LogP) is 4.59. The minimum absolute atomic E-state index is 0.0566. The molecule has 0 aliphatic carbocycles. The van der Waals surface area contributed by atoms with E-state index < -0.39 is 5.97 Å². The minimum atomic E-state index is -1.09. The Morgan fingerprint density at radius 3 is 2.26 bits per heavy atom. The van der Waals surface area contributed by atoms with Crippen LogP contribution in [0.25, 0.3) is 0 Å². The second-order valence-corrected chi connectivity index (χ2v) is 8.00. The molecule has 0 fully saturated rings. The molecule has 0 aliphatic heterocycles. The fourth-order valence-corrected chi connectivity index (χ4v) is 3.57. The number of carboxylic acids is 1. The molecule has 0 aromatic heterocycles. The number of aryl methyl sites for hydroxylation is 1. The molecule has 2 amide bonds. The van der Waals surface area contributed by atoms with Gasteiger partial charge in [0.2, 0.25) is 5.91 Å². The van der Waals surface area contributed by atoms with Crippen molar-refractivity contribution < 1.29 is 24.2 Å². The maximum atomic E-state index is 12.4. The van der Waals surface area contributed by atoms with Crippen LogP contribution in [0.3, 0.4) is 0 Å². The molecule has 0 heterocycles. The topological polar surface area (TPSA) is 105 Å². The van der Waals surface area contributed by atoms with Crippen molar-refractivity contribution in [3.8, 4) is 5.75 Å². The summed E-state index contributed by atoms with van der Waals surface area (Å²) < 4.78 is 5.21. The van der Waals surface area contributed by atoms with Crippen LogP contribution < -0.4 is 15.4 Å². The zero-order valence-corrected chi connectivity index (χ0v) is 19.4. The molecule has 176 valence electrons. The summed E-state index contributed by atoms with van der Waals surface area (Å²) in [6.07, 6.45) is 1.39. The third-order valence-electron chi connectivity index (χ3n) is 5.20. The number of aromatic carboxylic acids is 1. The van der Waals surface area contributed by atoms with E-state index in [1.54, 1.807) is 36.4 Å². The smallest absolute Gasteiger partial charge is 0.337 e. The van der Waals surface area contributed by atoms with Crippen molar-refractivity contribution in [2.45, 2.75) is 19.3 Å². The SMILES string of the molecule is COc1ccc(Cl)cc1C(=O)NCCc1ccc(CCC(=O)Nc2ccccc2C(=O)O)cc1. The van der Waals surface area contributed by atoms with Crippen molar-refractivity contribution in [2.75, 3.05) is 19.0 Å². The molecule has 0 spiro atoms. The van der Waals surface area contributed by atoms with Gasteiger partial charge in [0.05, 0.1) is 23.9 Å². The molecule has 7 nitrogen and oxygen atoms in total. The van der Waals surface area contributed by atoms with Crippen LogP contribution >= 0.6 is 11.6 Å². The molecular weight excluding hydrogens is 456 g/mol. The molecule has 0 unspecified atom stereocenters. The molecule has 3 rings (SSSR count). The van der Waals surface area contributed by atoms with Gasteiger partial charge in [0.1, 0.15) is 5.75 Å². The number of rotatable bonds is 10. The fourth-order valence-electron chi connectivity index (χ4n) is 3.40. The van der Waals surface area contributed by atoms with Crippen LogP contribution in [0.5, 0.6) is 5.75 Å². The molecule has 0 saturated carbocycles. The van der Waals surface area contributed by atoms with Gasteiger partial charge in [-0.1, -0.05) is 48.0 Å². The number of hydrogen-bond acceptors (Lipinski definition) is 4. The van der Waals surface area contributed by atoms with Gasteiger partial charge in [-0.05, 0) is 54.3 Å². The number of halogens is 1. The highest BCUT2D eigenvalue weighted by Crippen LogP contribution is 2.22. The molecule has 0 atom stereocenters. The van der Waals surface area contributed by atoms with E-state index >= 15 is 0 Å². The van der Waals surface area contributed by atoms with E-state index in [4.69, 9.17) is 16.3 Å². The number of carbonyl (C=O) groups excluding carboxylic acids is 2. The van der Waals surface area contributed by atoms with Gasteiger partial charge in [-0.15, -0.1) is 0 Å². The molecule has 3 aromatic rings. The normalized spacial score (nSPS) is 10.4. The number of para-hydroxylation sites is 1. The highest BCUT2D eigenvalue weighted by atomic mass is 35.5. The highest BCUT2D eigenvalue weighted by molar-refractivity contribution is 6.31. The number of nitrogens with one attached hydrogen (secondary N) is 2. The summed E-state index contributed by atoms with van der Waals surface area (Å²) in [7, 11) is 1.50. The molecular formula is C26H25ClN2O5. The van der Waals surface area contributed by atoms with Gasteiger partial charge < -0.3 is 20.5 Å². The number of anilines is 1. The number of carboxylic acid groups (broad SMARTS) is 1. The second kappa shape index (κ2) is 11.9. The first kappa shape index (κ1) is 24.8. The maximum absolute atomic E-state index is 12.4. The lowest BCUT2D eigenvalue weighted by Crippen LogP contribution is -2.26. The van der Waals surface area contributed by atoms with E-state index in [1.807, 2.05) is 24.3 Å².